The first-order valence-corrected chi connectivity index (χ1v) is 9.15. The molecule has 0 spiro atoms. The van der Waals surface area contributed by atoms with E-state index in [2.05, 4.69) is 51.0 Å². The quantitative estimate of drug-likeness (QED) is 0.822. The Bertz CT molecular complexity index is 369. The summed E-state index contributed by atoms with van der Waals surface area (Å²) in [5, 5.41) is 0.356. The number of hydrogen-bond donors (Lipinski definition) is 1. The lowest BCUT2D eigenvalue weighted by molar-refractivity contribution is 0.409. The number of nitrogens with one attached hydrogen (secondary N) is 1. The van der Waals surface area contributed by atoms with Crippen molar-refractivity contribution < 1.29 is 4.74 Å². The predicted molar refractivity (Wildman–Crippen MR) is 77.0 cm³/mol. The number of hydrogen-bond acceptors (Lipinski definition) is 2. The van der Waals surface area contributed by atoms with E-state index in [0.29, 0.717) is 5.04 Å². The third-order valence-corrected chi connectivity index (χ3v) is 8.60. The summed E-state index contributed by atoms with van der Waals surface area (Å²) in [7, 11) is 0.298. The Kier molecular flexibility index (Phi) is 4.39. The van der Waals surface area contributed by atoms with E-state index >= 15 is 0 Å². The molecular formula is C14H25NOSi. The first-order valence-electron chi connectivity index (χ1n) is 6.15. The molecule has 0 bridgehead atoms. The van der Waals surface area contributed by atoms with Crippen LogP contribution in [0.25, 0.3) is 0 Å². The van der Waals surface area contributed by atoms with E-state index in [0.717, 1.165) is 12.3 Å². The summed E-state index contributed by atoms with van der Waals surface area (Å²) in [5.41, 5.74) is 1.24. The van der Waals surface area contributed by atoms with E-state index in [1.54, 1.807) is 7.11 Å². The van der Waals surface area contributed by atoms with E-state index in [1.165, 1.54) is 5.56 Å². The van der Waals surface area contributed by atoms with Gasteiger partial charge in [-0.3, -0.25) is 0 Å². The Labute approximate surface area is 106 Å². The first-order chi connectivity index (χ1) is 7.78. The Hall–Kier alpha value is -0.803. The molecule has 0 amide bonds. The first kappa shape index (κ1) is 14.3. The summed E-state index contributed by atoms with van der Waals surface area (Å²) >= 11 is 0. The van der Waals surface area contributed by atoms with Crippen LogP contribution in [0.3, 0.4) is 0 Å². The summed E-state index contributed by atoms with van der Waals surface area (Å²) < 4.78 is 5.37. The zero-order valence-electron chi connectivity index (χ0n) is 11.9. The van der Waals surface area contributed by atoms with Crippen molar-refractivity contribution in [3.8, 4) is 5.75 Å². The summed E-state index contributed by atoms with van der Waals surface area (Å²) in [6, 6.07) is 8.21. The van der Waals surface area contributed by atoms with Gasteiger partial charge in [0.1, 0.15) is 14.0 Å². The van der Waals surface area contributed by atoms with Crippen LogP contribution in [0.2, 0.25) is 18.1 Å². The van der Waals surface area contributed by atoms with Crippen molar-refractivity contribution in [1.29, 1.82) is 0 Å². The highest BCUT2D eigenvalue weighted by Crippen LogP contribution is 2.34. The molecular weight excluding hydrogens is 226 g/mol. The van der Waals surface area contributed by atoms with Gasteiger partial charge in [-0.15, -0.1) is 0 Å². The van der Waals surface area contributed by atoms with Gasteiger partial charge in [0, 0.05) is 12.1 Å². The van der Waals surface area contributed by atoms with E-state index in [4.69, 9.17) is 4.74 Å². The molecule has 0 aliphatic heterocycles. The molecule has 0 radical (unpaired) electrons. The van der Waals surface area contributed by atoms with Crippen molar-refractivity contribution >= 4 is 8.24 Å². The predicted octanol–water partition coefficient (Wildman–Crippen LogP) is 3.79. The molecule has 0 heterocycles. The minimum atomic E-state index is -1.43. The fraction of sp³-hybridized carbons (Fsp3) is 0.571. The van der Waals surface area contributed by atoms with Gasteiger partial charge in [0.2, 0.25) is 0 Å². The Morgan fingerprint density at radius 1 is 1.18 bits per heavy atom. The van der Waals surface area contributed by atoms with E-state index < -0.39 is 8.24 Å². The van der Waals surface area contributed by atoms with E-state index in [1.807, 2.05) is 12.1 Å². The van der Waals surface area contributed by atoms with Crippen LogP contribution < -0.4 is 9.72 Å². The van der Waals surface area contributed by atoms with Gasteiger partial charge in [-0.05, 0) is 11.1 Å². The smallest absolute Gasteiger partial charge is 0.125 e. The fourth-order valence-electron chi connectivity index (χ4n) is 1.43. The number of benzene rings is 1. The lowest BCUT2D eigenvalue weighted by Gasteiger charge is -2.37. The second kappa shape index (κ2) is 5.23. The second-order valence-electron chi connectivity index (χ2n) is 6.04. The lowest BCUT2D eigenvalue weighted by Crippen LogP contribution is -2.51. The van der Waals surface area contributed by atoms with Crippen LogP contribution in [0.4, 0.5) is 0 Å². The highest BCUT2D eigenvalue weighted by atomic mass is 28.3. The fourth-order valence-corrected chi connectivity index (χ4v) is 2.59. The van der Waals surface area contributed by atoms with Gasteiger partial charge in [-0.2, -0.15) is 0 Å². The third-order valence-electron chi connectivity index (χ3n) is 3.79. The normalized spacial score (nSPS) is 12.6. The monoisotopic (exact) mass is 251 g/mol. The van der Waals surface area contributed by atoms with E-state index in [-0.39, 0.29) is 0 Å². The van der Waals surface area contributed by atoms with Crippen LogP contribution in [-0.4, -0.2) is 15.3 Å². The molecule has 96 valence electrons. The van der Waals surface area contributed by atoms with Gasteiger partial charge in [-0.1, -0.05) is 52.1 Å². The van der Waals surface area contributed by atoms with Gasteiger partial charge in [-0.25, -0.2) is 0 Å². The highest BCUT2D eigenvalue weighted by molar-refractivity contribution is 6.77. The molecule has 0 saturated heterocycles. The largest absolute Gasteiger partial charge is 0.496 e. The zero-order chi connectivity index (χ0) is 13.1. The summed E-state index contributed by atoms with van der Waals surface area (Å²) in [6.45, 7) is 12.6. The number of ether oxygens (including phenoxy) is 1. The lowest BCUT2D eigenvalue weighted by atomic mass is 10.2. The second-order valence-corrected chi connectivity index (χ2v) is 11.1. The standard InChI is InChI=1S/C14H25NOSi/c1-14(2,3)17(5,6)15-11-12-9-7-8-10-13(12)16-4/h7-10,15H,11H2,1-6H3. The van der Waals surface area contributed by atoms with Crippen LogP contribution in [-0.2, 0) is 6.54 Å². The molecule has 3 heteroatoms. The highest BCUT2D eigenvalue weighted by Gasteiger charge is 2.34. The SMILES string of the molecule is COc1ccccc1CN[Si](C)(C)C(C)(C)C. The van der Waals surface area contributed by atoms with Crippen molar-refractivity contribution in [2.45, 2.75) is 45.4 Å². The van der Waals surface area contributed by atoms with Crippen LogP contribution in [0.1, 0.15) is 26.3 Å². The molecule has 0 atom stereocenters. The molecule has 0 aromatic heterocycles. The molecule has 2 nitrogen and oxygen atoms in total. The Morgan fingerprint density at radius 3 is 2.29 bits per heavy atom. The third kappa shape index (κ3) is 3.58. The maximum absolute atomic E-state index is 5.37. The number of para-hydroxylation sites is 1. The zero-order valence-corrected chi connectivity index (χ0v) is 12.9. The molecule has 1 aromatic rings. The van der Waals surface area contributed by atoms with Crippen molar-refractivity contribution in [3.63, 3.8) is 0 Å². The van der Waals surface area contributed by atoms with E-state index in [9.17, 15) is 0 Å². The van der Waals surface area contributed by atoms with Crippen molar-refractivity contribution in [1.82, 2.24) is 4.98 Å². The molecule has 1 N–H and O–H groups in total. The molecule has 0 aliphatic carbocycles. The topological polar surface area (TPSA) is 21.3 Å². The molecule has 1 rings (SSSR count). The maximum Gasteiger partial charge on any atom is 0.125 e. The van der Waals surface area contributed by atoms with Crippen LogP contribution in [0.15, 0.2) is 24.3 Å². The van der Waals surface area contributed by atoms with Crippen molar-refractivity contribution in [3.05, 3.63) is 29.8 Å². The Morgan fingerprint density at radius 2 is 1.76 bits per heavy atom. The minimum absolute atomic E-state index is 0.356. The van der Waals surface area contributed by atoms with Gasteiger partial charge >= 0.3 is 0 Å². The summed E-state index contributed by atoms with van der Waals surface area (Å²) in [6.07, 6.45) is 0. The number of rotatable bonds is 4. The van der Waals surface area contributed by atoms with Crippen molar-refractivity contribution in [2.75, 3.05) is 7.11 Å². The maximum atomic E-state index is 5.37. The molecule has 1 aromatic carbocycles. The summed E-state index contributed by atoms with van der Waals surface area (Å²) in [5.74, 6) is 0.971. The van der Waals surface area contributed by atoms with Gasteiger partial charge in [0.25, 0.3) is 0 Å². The molecule has 0 aliphatic rings. The summed E-state index contributed by atoms with van der Waals surface area (Å²) in [4.78, 5) is 3.75. The van der Waals surface area contributed by atoms with Crippen LogP contribution in [0.5, 0.6) is 5.75 Å². The molecule has 0 fully saturated rings. The molecule has 17 heavy (non-hydrogen) atoms. The molecule has 0 unspecified atom stereocenters. The van der Waals surface area contributed by atoms with Crippen LogP contribution in [0, 0.1) is 0 Å². The van der Waals surface area contributed by atoms with Gasteiger partial charge in [0.15, 0.2) is 0 Å². The number of methoxy groups -OCH3 is 1. The molecule has 0 saturated carbocycles. The van der Waals surface area contributed by atoms with Crippen molar-refractivity contribution in [2.24, 2.45) is 0 Å². The average molecular weight is 251 g/mol. The van der Waals surface area contributed by atoms with Crippen LogP contribution >= 0.6 is 0 Å². The van der Waals surface area contributed by atoms with Gasteiger partial charge in [0.05, 0.1) is 7.11 Å². The van der Waals surface area contributed by atoms with Gasteiger partial charge < -0.3 is 9.72 Å². The average Bonchev–Trinajstić information content (AvgIpc) is 2.25. The minimum Gasteiger partial charge on any atom is -0.496 e. The Balaban J connectivity index is 2.74.